The van der Waals surface area contributed by atoms with Crippen molar-refractivity contribution in [3.63, 3.8) is 0 Å². The number of hydrogen-bond acceptors (Lipinski definition) is 7. The molecule has 2 amide bonds. The minimum atomic E-state index is -0.209. The van der Waals surface area contributed by atoms with Crippen LogP contribution in [0.15, 0.2) is 47.6 Å². The fourth-order valence-corrected chi connectivity index (χ4v) is 4.27. The normalized spacial score (nSPS) is 21.0. The number of benzene rings is 1. The third-order valence-electron chi connectivity index (χ3n) is 6.10. The van der Waals surface area contributed by atoms with Crippen molar-refractivity contribution in [2.45, 2.75) is 6.17 Å². The fourth-order valence-electron chi connectivity index (χ4n) is 4.27. The second kappa shape index (κ2) is 10.2. The lowest BCUT2D eigenvalue weighted by Crippen LogP contribution is -2.45. The molecule has 4 heterocycles. The third kappa shape index (κ3) is 5.29. The van der Waals surface area contributed by atoms with E-state index >= 15 is 0 Å². The van der Waals surface area contributed by atoms with Crippen molar-refractivity contribution in [3.05, 3.63) is 53.9 Å². The summed E-state index contributed by atoms with van der Waals surface area (Å²) in [6.45, 7) is 7.89. The van der Waals surface area contributed by atoms with Gasteiger partial charge in [0, 0.05) is 51.2 Å². The van der Waals surface area contributed by atoms with Gasteiger partial charge in [0.15, 0.2) is 12.0 Å². The molecule has 0 radical (unpaired) electrons. The van der Waals surface area contributed by atoms with E-state index in [1.165, 1.54) is 0 Å². The number of aromatic nitrogens is 1. The average Bonchev–Trinajstić information content (AvgIpc) is 3.34. The molecule has 0 saturated carbocycles. The summed E-state index contributed by atoms with van der Waals surface area (Å²) in [6, 6.07) is 11.7. The highest BCUT2D eigenvalue weighted by Crippen LogP contribution is 2.25. The fraction of sp³-hybridized carbons (Fsp3) is 0.478. The lowest BCUT2D eigenvalue weighted by atomic mass is 10.1. The van der Waals surface area contributed by atoms with E-state index < -0.39 is 0 Å². The molecule has 3 aliphatic rings. The SMILES string of the molecule is O=C(NCCN1CCOCC1)Nc1ccc(C2N=C(N3CCOCC3)c3cccn3N2)cc1. The largest absolute Gasteiger partial charge is 0.379 e. The number of carbonyl (C=O) groups is 1. The highest BCUT2D eigenvalue weighted by molar-refractivity contribution is 5.98. The van der Waals surface area contributed by atoms with E-state index in [0.717, 1.165) is 68.7 Å². The van der Waals surface area contributed by atoms with Crippen LogP contribution in [0.1, 0.15) is 17.4 Å². The van der Waals surface area contributed by atoms with E-state index in [4.69, 9.17) is 14.5 Å². The van der Waals surface area contributed by atoms with Gasteiger partial charge >= 0.3 is 6.03 Å². The van der Waals surface area contributed by atoms with Crippen molar-refractivity contribution in [3.8, 4) is 0 Å². The second-order valence-electron chi connectivity index (χ2n) is 8.30. The Morgan fingerprint density at radius 2 is 1.76 bits per heavy atom. The summed E-state index contributed by atoms with van der Waals surface area (Å²) in [7, 11) is 0. The number of nitrogens with one attached hydrogen (secondary N) is 3. The number of amides is 2. The smallest absolute Gasteiger partial charge is 0.319 e. The van der Waals surface area contributed by atoms with Crippen LogP contribution in [0.5, 0.6) is 0 Å². The zero-order valence-electron chi connectivity index (χ0n) is 18.7. The number of ether oxygens (including phenoxy) is 2. The summed E-state index contributed by atoms with van der Waals surface area (Å²) >= 11 is 0. The predicted molar refractivity (Wildman–Crippen MR) is 126 cm³/mol. The standard InChI is InChI=1S/C23H31N7O3/c31-23(24-7-9-28-10-14-32-15-11-28)25-19-5-3-18(4-6-19)21-26-22(29-12-16-33-17-13-29)20-2-1-8-30(20)27-21/h1-6,8,21,27H,7,9-17H2,(H2,24,25,31). The van der Waals surface area contributed by atoms with Crippen LogP contribution in [0.25, 0.3) is 0 Å². The summed E-state index contributed by atoms with van der Waals surface area (Å²) in [5.74, 6) is 0.980. The maximum absolute atomic E-state index is 12.2. The van der Waals surface area contributed by atoms with E-state index in [1.807, 2.05) is 41.2 Å². The molecule has 10 nitrogen and oxygen atoms in total. The maximum Gasteiger partial charge on any atom is 0.319 e. The van der Waals surface area contributed by atoms with Crippen molar-refractivity contribution < 1.29 is 14.3 Å². The van der Waals surface area contributed by atoms with Crippen LogP contribution in [-0.2, 0) is 9.47 Å². The topological polar surface area (TPSA) is 95.4 Å². The first-order valence-electron chi connectivity index (χ1n) is 11.6. The molecule has 1 aromatic carbocycles. The Morgan fingerprint density at radius 3 is 2.52 bits per heavy atom. The Bertz CT molecular complexity index is 963. The Morgan fingerprint density at radius 1 is 1.03 bits per heavy atom. The van der Waals surface area contributed by atoms with Gasteiger partial charge in [-0.15, -0.1) is 0 Å². The number of nitrogens with zero attached hydrogens (tertiary/aromatic N) is 4. The minimum absolute atomic E-state index is 0.198. The molecule has 2 fully saturated rings. The van der Waals surface area contributed by atoms with Gasteiger partial charge in [0.25, 0.3) is 0 Å². The molecule has 1 unspecified atom stereocenters. The number of urea groups is 1. The minimum Gasteiger partial charge on any atom is -0.379 e. The predicted octanol–water partition coefficient (Wildman–Crippen LogP) is 1.28. The van der Waals surface area contributed by atoms with Crippen molar-refractivity contribution >= 4 is 17.6 Å². The molecular weight excluding hydrogens is 422 g/mol. The first-order valence-corrected chi connectivity index (χ1v) is 11.6. The summed E-state index contributed by atoms with van der Waals surface area (Å²) < 4.78 is 12.9. The Labute approximate surface area is 193 Å². The number of fused-ring (bicyclic) bond motifs is 1. The number of aliphatic imine (C=N–C) groups is 1. The molecular formula is C23H31N7O3. The quantitative estimate of drug-likeness (QED) is 0.631. The molecule has 0 bridgehead atoms. The number of anilines is 1. The number of hydrogen-bond donors (Lipinski definition) is 3. The lowest BCUT2D eigenvalue weighted by Gasteiger charge is -2.34. The van der Waals surface area contributed by atoms with E-state index in [1.54, 1.807) is 0 Å². The monoisotopic (exact) mass is 453 g/mol. The van der Waals surface area contributed by atoms with Gasteiger partial charge in [-0.1, -0.05) is 12.1 Å². The van der Waals surface area contributed by atoms with Crippen molar-refractivity contribution in [1.82, 2.24) is 19.8 Å². The van der Waals surface area contributed by atoms with Crippen LogP contribution < -0.4 is 16.1 Å². The summed E-state index contributed by atoms with van der Waals surface area (Å²) in [6.07, 6.45) is 1.80. The number of rotatable bonds is 5. The summed E-state index contributed by atoms with van der Waals surface area (Å²) in [4.78, 5) is 21.8. The van der Waals surface area contributed by atoms with E-state index in [0.29, 0.717) is 19.8 Å². The first kappa shape index (κ1) is 21.7. The van der Waals surface area contributed by atoms with Gasteiger partial charge in [0.05, 0.1) is 26.4 Å². The second-order valence-corrected chi connectivity index (χ2v) is 8.30. The molecule has 2 saturated heterocycles. The van der Waals surface area contributed by atoms with Gasteiger partial charge in [0.2, 0.25) is 0 Å². The Balaban J connectivity index is 1.18. The molecule has 10 heteroatoms. The van der Waals surface area contributed by atoms with Crippen LogP contribution in [0, 0.1) is 0 Å². The van der Waals surface area contributed by atoms with Gasteiger partial charge in [-0.05, 0) is 29.8 Å². The van der Waals surface area contributed by atoms with Crippen molar-refractivity contribution in [1.29, 1.82) is 0 Å². The number of morpholine rings is 2. The zero-order chi connectivity index (χ0) is 22.5. The van der Waals surface area contributed by atoms with Gasteiger partial charge in [-0.3, -0.25) is 15.0 Å². The van der Waals surface area contributed by atoms with E-state index in [2.05, 4.69) is 31.9 Å². The molecule has 2 aromatic rings. The molecule has 3 N–H and O–H groups in total. The molecule has 33 heavy (non-hydrogen) atoms. The van der Waals surface area contributed by atoms with Gasteiger partial charge in [-0.2, -0.15) is 0 Å². The molecule has 0 aliphatic carbocycles. The van der Waals surface area contributed by atoms with Gasteiger partial charge in [0.1, 0.15) is 5.69 Å². The van der Waals surface area contributed by atoms with Crippen LogP contribution in [0.3, 0.4) is 0 Å². The third-order valence-corrected chi connectivity index (χ3v) is 6.10. The van der Waals surface area contributed by atoms with E-state index in [-0.39, 0.29) is 12.2 Å². The average molecular weight is 454 g/mol. The molecule has 1 atom stereocenters. The highest BCUT2D eigenvalue weighted by Gasteiger charge is 2.26. The van der Waals surface area contributed by atoms with Crippen LogP contribution in [-0.4, -0.2) is 92.0 Å². The van der Waals surface area contributed by atoms with E-state index in [9.17, 15) is 4.79 Å². The van der Waals surface area contributed by atoms with Crippen LogP contribution in [0.2, 0.25) is 0 Å². The van der Waals surface area contributed by atoms with Crippen molar-refractivity contribution in [2.24, 2.45) is 4.99 Å². The molecule has 1 aromatic heterocycles. The summed E-state index contributed by atoms with van der Waals surface area (Å²) in [5, 5.41) is 5.83. The maximum atomic E-state index is 12.2. The number of amidine groups is 1. The highest BCUT2D eigenvalue weighted by atomic mass is 16.5. The molecule has 176 valence electrons. The lowest BCUT2D eigenvalue weighted by molar-refractivity contribution is 0.0388. The molecule has 0 spiro atoms. The molecule has 3 aliphatic heterocycles. The van der Waals surface area contributed by atoms with Crippen molar-refractivity contribution in [2.75, 3.05) is 76.4 Å². The van der Waals surface area contributed by atoms with Gasteiger partial charge < -0.3 is 25.0 Å². The molecule has 5 rings (SSSR count). The zero-order valence-corrected chi connectivity index (χ0v) is 18.7. The van der Waals surface area contributed by atoms with Gasteiger partial charge in [-0.25, -0.2) is 9.79 Å². The first-order chi connectivity index (χ1) is 16.3. The Kier molecular flexibility index (Phi) is 6.75. The van der Waals surface area contributed by atoms with Crippen LogP contribution in [0.4, 0.5) is 10.5 Å². The number of carbonyl (C=O) groups excluding carboxylic acids is 1. The Hall–Kier alpha value is -3.08. The summed E-state index contributed by atoms with van der Waals surface area (Å²) in [5.41, 5.74) is 6.27. The van der Waals surface area contributed by atoms with Crippen LogP contribution >= 0.6 is 0 Å².